The zero-order valence-corrected chi connectivity index (χ0v) is 11.6. The Kier molecular flexibility index (Phi) is 4.76. The van der Waals surface area contributed by atoms with Gasteiger partial charge < -0.3 is 5.32 Å². The fourth-order valence-corrected chi connectivity index (χ4v) is 1.27. The first-order valence-corrected chi connectivity index (χ1v) is 5.96. The second kappa shape index (κ2) is 5.83. The molecule has 0 aliphatic carbocycles. The summed E-state index contributed by atoms with van der Waals surface area (Å²) in [7, 11) is 0. The minimum absolute atomic E-state index is 0.352. The molecule has 0 bridgehead atoms. The molecule has 0 aromatic heterocycles. The zero-order valence-electron chi connectivity index (χ0n) is 11.6. The third-order valence-corrected chi connectivity index (χ3v) is 2.52. The molecule has 1 aromatic carbocycles. The summed E-state index contributed by atoms with van der Waals surface area (Å²) in [5, 5.41) is 1.73. The number of allylic oxidation sites excluding steroid dienone is 2. The zero-order chi connectivity index (χ0) is 16.4. The molecule has 1 aromatic rings. The van der Waals surface area contributed by atoms with Crippen LogP contribution in [0.3, 0.4) is 0 Å². The molecule has 0 unspecified atom stereocenters. The van der Waals surface area contributed by atoms with Gasteiger partial charge in [0.05, 0.1) is 5.69 Å². The van der Waals surface area contributed by atoms with Gasteiger partial charge in [0.25, 0.3) is 0 Å². The fourth-order valence-electron chi connectivity index (χ4n) is 1.27. The van der Waals surface area contributed by atoms with Gasteiger partial charge in [-0.1, -0.05) is 20.8 Å². The molecule has 1 rings (SSSR count). The highest BCUT2D eigenvalue weighted by molar-refractivity contribution is 5.95. The number of carbonyl (C=O) groups is 1. The van der Waals surface area contributed by atoms with Crippen LogP contribution in [0.1, 0.15) is 20.8 Å². The number of alkyl halides is 3. The topological polar surface area (TPSA) is 29.1 Å². The highest BCUT2D eigenvalue weighted by Gasteiger charge is 2.36. The summed E-state index contributed by atoms with van der Waals surface area (Å²) in [4.78, 5) is 11.7. The van der Waals surface area contributed by atoms with E-state index in [1.807, 2.05) is 0 Å². The van der Waals surface area contributed by atoms with Gasteiger partial charge in [-0.2, -0.15) is 13.2 Å². The van der Waals surface area contributed by atoms with E-state index < -0.39 is 40.4 Å². The van der Waals surface area contributed by atoms with Crippen molar-refractivity contribution in [3.05, 3.63) is 41.6 Å². The number of rotatable bonds is 3. The molecule has 0 heterocycles. The van der Waals surface area contributed by atoms with Gasteiger partial charge in [0.1, 0.15) is 17.3 Å². The van der Waals surface area contributed by atoms with E-state index in [-0.39, 0.29) is 0 Å². The lowest BCUT2D eigenvalue weighted by atomic mass is 9.90. The lowest BCUT2D eigenvalue weighted by molar-refractivity contribution is -0.122. The largest absolute Gasteiger partial charge is 0.431 e. The molecule has 0 spiro atoms. The Balaban J connectivity index is 3.20. The average molecular weight is 307 g/mol. The summed E-state index contributed by atoms with van der Waals surface area (Å²) in [6.45, 7) is 4.34. The number of halogens is 5. The van der Waals surface area contributed by atoms with Crippen LogP contribution in [0.25, 0.3) is 0 Å². The van der Waals surface area contributed by atoms with Crippen LogP contribution in [0.4, 0.5) is 27.6 Å². The Hall–Kier alpha value is -1.92. The van der Waals surface area contributed by atoms with Crippen molar-refractivity contribution >= 4 is 11.5 Å². The molecule has 0 saturated carbocycles. The van der Waals surface area contributed by atoms with Crippen molar-refractivity contribution in [2.75, 3.05) is 5.32 Å². The van der Waals surface area contributed by atoms with E-state index >= 15 is 0 Å². The number of carbonyl (C=O) groups excluding carboxylic acids is 1. The van der Waals surface area contributed by atoms with Crippen molar-refractivity contribution in [2.45, 2.75) is 26.9 Å². The van der Waals surface area contributed by atoms with Gasteiger partial charge in [0.2, 0.25) is 0 Å². The molecule has 0 fully saturated rings. The first kappa shape index (κ1) is 17.1. The summed E-state index contributed by atoms with van der Waals surface area (Å²) < 4.78 is 65.0. The maximum absolute atomic E-state index is 13.4. The second-order valence-corrected chi connectivity index (χ2v) is 5.42. The minimum Gasteiger partial charge on any atom is -0.349 e. The normalized spacial score (nSPS) is 13.2. The van der Waals surface area contributed by atoms with E-state index in [1.165, 1.54) is 20.8 Å². The predicted octanol–water partition coefficient (Wildman–Crippen LogP) is 4.44. The Morgan fingerprint density at radius 3 is 2.19 bits per heavy atom. The quantitative estimate of drug-likeness (QED) is 0.661. The van der Waals surface area contributed by atoms with Gasteiger partial charge in [-0.05, 0) is 12.1 Å². The maximum atomic E-state index is 13.4. The Morgan fingerprint density at radius 2 is 1.71 bits per heavy atom. The lowest BCUT2D eigenvalue weighted by Gasteiger charge is -2.18. The lowest BCUT2D eigenvalue weighted by Crippen LogP contribution is -2.25. The number of ketones is 1. The van der Waals surface area contributed by atoms with Crippen molar-refractivity contribution in [1.82, 2.24) is 0 Å². The Bertz CT molecular complexity index is 570. The van der Waals surface area contributed by atoms with Crippen LogP contribution >= 0.6 is 0 Å². The molecule has 0 aliphatic rings. The smallest absolute Gasteiger partial charge is 0.349 e. The molecule has 2 nitrogen and oxygen atoms in total. The third kappa shape index (κ3) is 4.84. The number of hydrogen-bond acceptors (Lipinski definition) is 2. The van der Waals surface area contributed by atoms with Crippen molar-refractivity contribution < 1.29 is 26.7 Å². The summed E-state index contributed by atoms with van der Waals surface area (Å²) in [6.07, 6.45) is -4.55. The predicted molar refractivity (Wildman–Crippen MR) is 68.6 cm³/mol. The Labute approximate surface area is 118 Å². The van der Waals surface area contributed by atoms with Crippen LogP contribution in [-0.4, -0.2) is 12.0 Å². The molecule has 1 N–H and O–H groups in total. The molecule has 0 radical (unpaired) electrons. The van der Waals surface area contributed by atoms with Crippen LogP contribution in [0, 0.1) is 17.0 Å². The average Bonchev–Trinajstić information content (AvgIpc) is 2.30. The number of benzene rings is 1. The van der Waals surface area contributed by atoms with Crippen molar-refractivity contribution in [3.8, 4) is 0 Å². The van der Waals surface area contributed by atoms with Crippen LogP contribution < -0.4 is 5.32 Å². The van der Waals surface area contributed by atoms with E-state index in [0.29, 0.717) is 18.2 Å². The summed E-state index contributed by atoms with van der Waals surface area (Å²) >= 11 is 0. The SMILES string of the molecule is CC(C)(C)C(=O)/C=C(/Nc1cc(F)ccc1F)C(F)(F)F. The van der Waals surface area contributed by atoms with Crippen molar-refractivity contribution in [1.29, 1.82) is 0 Å². The van der Waals surface area contributed by atoms with E-state index in [2.05, 4.69) is 0 Å². The van der Waals surface area contributed by atoms with Crippen molar-refractivity contribution in [2.24, 2.45) is 5.41 Å². The summed E-state index contributed by atoms with van der Waals surface area (Å²) in [5.41, 5.74) is -3.18. The molecule has 21 heavy (non-hydrogen) atoms. The highest BCUT2D eigenvalue weighted by Crippen LogP contribution is 2.30. The second-order valence-electron chi connectivity index (χ2n) is 5.42. The molecular weight excluding hydrogens is 293 g/mol. The monoisotopic (exact) mass is 307 g/mol. The number of nitrogens with one attached hydrogen (secondary N) is 1. The van der Waals surface area contributed by atoms with Crippen molar-refractivity contribution in [3.63, 3.8) is 0 Å². The summed E-state index contributed by atoms with van der Waals surface area (Å²) in [5.74, 6) is -2.75. The van der Waals surface area contributed by atoms with Gasteiger partial charge in [-0.25, -0.2) is 8.78 Å². The van der Waals surface area contributed by atoms with Crippen LogP contribution in [0.15, 0.2) is 30.0 Å². The highest BCUT2D eigenvalue weighted by atomic mass is 19.4. The Morgan fingerprint density at radius 1 is 1.14 bits per heavy atom. The standard InChI is InChI=1S/C14H14F5NO/c1-13(2,3)12(21)7-11(14(17,18)19)20-10-6-8(15)4-5-9(10)16/h4-7,20H,1-3H3/b11-7+. The molecule has 0 atom stereocenters. The molecule has 116 valence electrons. The van der Waals surface area contributed by atoms with E-state index in [1.54, 1.807) is 5.32 Å². The van der Waals surface area contributed by atoms with E-state index in [9.17, 15) is 26.7 Å². The first-order valence-electron chi connectivity index (χ1n) is 5.96. The molecular formula is C14H14F5NO. The fraction of sp³-hybridized carbons (Fsp3) is 0.357. The van der Waals surface area contributed by atoms with Gasteiger partial charge in [0.15, 0.2) is 5.78 Å². The first-order chi connectivity index (χ1) is 9.41. The van der Waals surface area contributed by atoms with E-state index in [0.717, 1.165) is 6.07 Å². The molecule has 7 heteroatoms. The van der Waals surface area contributed by atoms with Crippen LogP contribution in [0.5, 0.6) is 0 Å². The molecule has 0 aliphatic heterocycles. The summed E-state index contributed by atoms with van der Waals surface area (Å²) in [6, 6.07) is 2.05. The van der Waals surface area contributed by atoms with Gasteiger partial charge in [-0.15, -0.1) is 0 Å². The van der Waals surface area contributed by atoms with Crippen LogP contribution in [0.2, 0.25) is 0 Å². The van der Waals surface area contributed by atoms with Crippen LogP contribution in [-0.2, 0) is 4.79 Å². The minimum atomic E-state index is -4.90. The molecule has 0 amide bonds. The molecule has 0 saturated heterocycles. The number of anilines is 1. The van der Waals surface area contributed by atoms with Gasteiger partial charge in [-0.3, -0.25) is 4.79 Å². The van der Waals surface area contributed by atoms with Gasteiger partial charge >= 0.3 is 6.18 Å². The number of hydrogen-bond donors (Lipinski definition) is 1. The third-order valence-electron chi connectivity index (χ3n) is 2.52. The van der Waals surface area contributed by atoms with Gasteiger partial charge in [0, 0.05) is 17.6 Å². The van der Waals surface area contributed by atoms with E-state index in [4.69, 9.17) is 0 Å². The maximum Gasteiger partial charge on any atom is 0.431 e.